The van der Waals surface area contributed by atoms with Gasteiger partial charge in [-0.1, -0.05) is 55.8 Å². The molecular weight excluding hydrogens is 534 g/mol. The summed E-state index contributed by atoms with van der Waals surface area (Å²) in [5.74, 6) is 2.34. The van der Waals surface area contributed by atoms with Crippen LogP contribution in [0.4, 0.5) is 11.5 Å². The van der Waals surface area contributed by atoms with Gasteiger partial charge in [0.2, 0.25) is 0 Å². The molecule has 2 aliphatic carbocycles. The van der Waals surface area contributed by atoms with E-state index in [1.807, 2.05) is 36.5 Å². The molecule has 7 heteroatoms. The number of halogens is 1. The van der Waals surface area contributed by atoms with Crippen molar-refractivity contribution in [3.05, 3.63) is 82.5 Å². The summed E-state index contributed by atoms with van der Waals surface area (Å²) in [5, 5.41) is 17.8. The smallest absolute Gasteiger partial charge is 0.329 e. The predicted octanol–water partition coefficient (Wildman–Crippen LogP) is 7.68. The Morgan fingerprint density at radius 1 is 1.17 bits per heavy atom. The monoisotopic (exact) mass is 573 g/mol. The minimum atomic E-state index is -1.00. The van der Waals surface area contributed by atoms with Crippen LogP contribution in [-0.2, 0) is 16.6 Å². The Kier molecular flexibility index (Phi) is 7.62. The van der Waals surface area contributed by atoms with Crippen molar-refractivity contribution in [3.63, 3.8) is 0 Å². The number of carbonyl (C=O) groups is 1. The molecule has 6 rings (SSSR count). The first-order chi connectivity index (χ1) is 19.8. The lowest BCUT2D eigenvalue weighted by molar-refractivity contribution is -0.144. The summed E-state index contributed by atoms with van der Waals surface area (Å²) in [6, 6.07) is 18.2. The molecule has 1 aromatic heterocycles. The van der Waals surface area contributed by atoms with Gasteiger partial charge in [0.1, 0.15) is 17.1 Å². The summed E-state index contributed by atoms with van der Waals surface area (Å²) in [5.41, 5.74) is 3.77. The maximum atomic E-state index is 12.7. The third-order valence-electron chi connectivity index (χ3n) is 9.94. The van der Waals surface area contributed by atoms with Crippen molar-refractivity contribution >= 4 is 29.1 Å². The van der Waals surface area contributed by atoms with Crippen molar-refractivity contribution in [2.45, 2.75) is 75.7 Å². The van der Waals surface area contributed by atoms with Gasteiger partial charge in [0, 0.05) is 29.0 Å². The van der Waals surface area contributed by atoms with Gasteiger partial charge in [-0.2, -0.15) is 0 Å². The third-order valence-corrected chi connectivity index (χ3v) is 10.2. The van der Waals surface area contributed by atoms with E-state index >= 15 is 0 Å². The van der Waals surface area contributed by atoms with Gasteiger partial charge in [-0.25, -0.2) is 9.78 Å². The SMILES string of the molecule is CC1CCNc2nccc(OC[C@H](C)CC3Cc4ccccc4C34CCC(Nc3cccc(Cl)c3)(C(=O)O)CC4)c21. The minimum absolute atomic E-state index is 0.0198. The fourth-order valence-corrected chi connectivity index (χ4v) is 7.94. The molecule has 2 aromatic carbocycles. The summed E-state index contributed by atoms with van der Waals surface area (Å²) in [6.07, 6.45) is 7.80. The zero-order valence-electron chi connectivity index (χ0n) is 24.0. The molecule has 216 valence electrons. The molecule has 0 amide bonds. The van der Waals surface area contributed by atoms with Gasteiger partial charge in [0.15, 0.2) is 0 Å². The van der Waals surface area contributed by atoms with E-state index in [-0.39, 0.29) is 5.41 Å². The number of carboxylic acids is 1. The number of ether oxygens (including phenoxy) is 1. The maximum absolute atomic E-state index is 12.7. The standard InChI is InChI=1S/C34H40ClN3O3/c1-22(21-41-29-11-17-37-31-30(29)23(2)10-16-36-31)18-25-19-24-6-3-4-9-28(24)33(25)12-14-34(15-13-33,32(39)40)38-27-8-5-7-26(35)20-27/h3-9,11,17,20,22-23,25,38H,10,12-16,18-19,21H2,1-2H3,(H,36,37)(H,39,40)/t22-,23?,25?,33?,34?/m1/s1. The lowest BCUT2D eigenvalue weighted by atomic mass is 9.59. The Morgan fingerprint density at radius 2 is 1.98 bits per heavy atom. The molecule has 6 nitrogen and oxygen atoms in total. The quantitative estimate of drug-likeness (QED) is 0.256. The van der Waals surface area contributed by atoms with E-state index in [4.69, 9.17) is 16.3 Å². The molecule has 0 radical (unpaired) electrons. The molecule has 3 aromatic rings. The summed E-state index contributed by atoms with van der Waals surface area (Å²) >= 11 is 6.21. The van der Waals surface area contributed by atoms with Crippen LogP contribution in [0.3, 0.4) is 0 Å². The van der Waals surface area contributed by atoms with Crippen molar-refractivity contribution in [1.82, 2.24) is 4.98 Å². The lowest BCUT2D eigenvalue weighted by Gasteiger charge is -2.47. The highest BCUT2D eigenvalue weighted by Crippen LogP contribution is 2.56. The Bertz CT molecular complexity index is 1420. The van der Waals surface area contributed by atoms with Gasteiger partial charge in [0.05, 0.1) is 6.61 Å². The zero-order chi connectivity index (χ0) is 28.6. The summed E-state index contributed by atoms with van der Waals surface area (Å²) < 4.78 is 6.46. The van der Waals surface area contributed by atoms with E-state index in [9.17, 15) is 9.90 Å². The number of pyridine rings is 1. The zero-order valence-corrected chi connectivity index (χ0v) is 24.7. The van der Waals surface area contributed by atoms with Crippen molar-refractivity contribution < 1.29 is 14.6 Å². The first-order valence-electron chi connectivity index (χ1n) is 15.0. The molecule has 1 spiro atoms. The van der Waals surface area contributed by atoms with E-state index in [2.05, 4.69) is 53.7 Å². The number of aliphatic carboxylic acids is 1. The summed E-state index contributed by atoms with van der Waals surface area (Å²) in [6.45, 7) is 6.14. The Morgan fingerprint density at radius 3 is 2.76 bits per heavy atom. The molecule has 3 atom stereocenters. The van der Waals surface area contributed by atoms with Gasteiger partial charge in [0.25, 0.3) is 0 Å². The molecule has 3 N–H and O–H groups in total. The number of hydrogen-bond donors (Lipinski definition) is 3. The van der Waals surface area contributed by atoms with E-state index in [1.165, 1.54) is 16.7 Å². The predicted molar refractivity (Wildman–Crippen MR) is 164 cm³/mol. The highest BCUT2D eigenvalue weighted by Gasteiger charge is 2.54. The molecule has 41 heavy (non-hydrogen) atoms. The number of rotatable bonds is 8. The summed E-state index contributed by atoms with van der Waals surface area (Å²) in [7, 11) is 0. The Hall–Kier alpha value is -3.25. The van der Waals surface area contributed by atoms with Gasteiger partial charge in [-0.05, 0) is 104 Å². The van der Waals surface area contributed by atoms with Crippen molar-refractivity contribution in [2.75, 3.05) is 23.8 Å². The molecule has 2 unspecified atom stereocenters. The van der Waals surface area contributed by atoms with E-state index in [0.29, 0.717) is 42.2 Å². The number of nitrogens with one attached hydrogen (secondary N) is 2. The van der Waals surface area contributed by atoms with Gasteiger partial charge in [-0.15, -0.1) is 0 Å². The minimum Gasteiger partial charge on any atom is -0.493 e. The molecule has 1 aliphatic heterocycles. The molecule has 2 heterocycles. The topological polar surface area (TPSA) is 83.5 Å². The highest BCUT2D eigenvalue weighted by molar-refractivity contribution is 6.30. The van der Waals surface area contributed by atoms with Crippen molar-refractivity contribution in [2.24, 2.45) is 11.8 Å². The van der Waals surface area contributed by atoms with Crippen molar-refractivity contribution in [1.29, 1.82) is 0 Å². The Balaban J connectivity index is 1.19. The first kappa shape index (κ1) is 27.9. The fraction of sp³-hybridized carbons (Fsp3) is 0.471. The highest BCUT2D eigenvalue weighted by atomic mass is 35.5. The molecule has 3 aliphatic rings. The van der Waals surface area contributed by atoms with E-state index in [1.54, 1.807) is 0 Å². The second-order valence-corrected chi connectivity index (χ2v) is 13.0. The normalized spacial score (nSPS) is 27.4. The van der Waals surface area contributed by atoms with Gasteiger partial charge in [-0.3, -0.25) is 0 Å². The second kappa shape index (κ2) is 11.2. The summed E-state index contributed by atoms with van der Waals surface area (Å²) in [4.78, 5) is 17.2. The number of benzene rings is 2. The number of nitrogens with zero attached hydrogens (tertiary/aromatic N) is 1. The average Bonchev–Trinajstić information content (AvgIpc) is 3.25. The third kappa shape index (κ3) is 5.27. The molecule has 1 saturated carbocycles. The fourth-order valence-electron chi connectivity index (χ4n) is 7.74. The molecule has 0 saturated heterocycles. The van der Waals surface area contributed by atoms with Crippen molar-refractivity contribution in [3.8, 4) is 5.75 Å². The number of aromatic nitrogens is 1. The van der Waals surface area contributed by atoms with Crippen LogP contribution in [0.25, 0.3) is 0 Å². The number of fused-ring (bicyclic) bond motifs is 3. The number of hydrogen-bond acceptors (Lipinski definition) is 5. The number of anilines is 2. The molecular formula is C34H40ClN3O3. The van der Waals surface area contributed by atoms with Gasteiger partial charge >= 0.3 is 5.97 Å². The van der Waals surface area contributed by atoms with Crippen LogP contribution in [0.5, 0.6) is 5.75 Å². The first-order valence-corrected chi connectivity index (χ1v) is 15.4. The molecule has 1 fully saturated rings. The van der Waals surface area contributed by atoms with Crippen LogP contribution in [-0.4, -0.2) is 34.8 Å². The van der Waals surface area contributed by atoms with Crippen LogP contribution in [0.15, 0.2) is 60.8 Å². The van der Waals surface area contributed by atoms with Crippen LogP contribution >= 0.6 is 11.6 Å². The average molecular weight is 574 g/mol. The van der Waals surface area contributed by atoms with Crippen LogP contribution in [0.1, 0.15) is 75.0 Å². The molecule has 0 bridgehead atoms. The van der Waals surface area contributed by atoms with Gasteiger partial charge < -0.3 is 20.5 Å². The van der Waals surface area contributed by atoms with Crippen LogP contribution < -0.4 is 15.4 Å². The maximum Gasteiger partial charge on any atom is 0.329 e. The van der Waals surface area contributed by atoms with Crippen LogP contribution in [0.2, 0.25) is 5.02 Å². The van der Waals surface area contributed by atoms with Crippen LogP contribution in [0, 0.1) is 11.8 Å². The Labute approximate surface area is 247 Å². The number of carboxylic acid groups (broad SMARTS) is 1. The second-order valence-electron chi connectivity index (χ2n) is 12.6. The largest absolute Gasteiger partial charge is 0.493 e. The lowest BCUT2D eigenvalue weighted by Crippen LogP contribution is -2.53. The van der Waals surface area contributed by atoms with E-state index in [0.717, 1.165) is 55.9 Å². The van der Waals surface area contributed by atoms with E-state index < -0.39 is 11.5 Å².